The van der Waals surface area contributed by atoms with Crippen molar-refractivity contribution in [3.8, 4) is 0 Å². The first-order valence-electron chi connectivity index (χ1n) is 9.64. The van der Waals surface area contributed by atoms with Gasteiger partial charge in [0.2, 0.25) is 5.91 Å². The number of nitrogens with zero attached hydrogens (tertiary/aromatic N) is 2. The van der Waals surface area contributed by atoms with Gasteiger partial charge in [0.05, 0.1) is 0 Å². The van der Waals surface area contributed by atoms with Gasteiger partial charge in [0.25, 0.3) is 15.9 Å². The summed E-state index contributed by atoms with van der Waals surface area (Å²) < 4.78 is 27.2. The van der Waals surface area contributed by atoms with Crippen LogP contribution in [0.1, 0.15) is 37.0 Å². The maximum Gasteiger partial charge on any atom is 0.253 e. The number of benzene rings is 1. The Bertz CT molecular complexity index is 969. The van der Waals surface area contributed by atoms with Crippen molar-refractivity contribution in [1.82, 2.24) is 9.21 Å². The molecule has 1 unspecified atom stereocenters. The Morgan fingerprint density at radius 2 is 1.97 bits per heavy atom. The van der Waals surface area contributed by atoms with Crippen LogP contribution in [-0.4, -0.2) is 55.1 Å². The summed E-state index contributed by atoms with van der Waals surface area (Å²) in [6, 6.07) is 9.22. The molecular weight excluding hydrogens is 410 g/mol. The van der Waals surface area contributed by atoms with E-state index in [1.807, 2.05) is 13.8 Å². The number of anilines is 1. The van der Waals surface area contributed by atoms with Crippen molar-refractivity contribution >= 4 is 38.9 Å². The lowest BCUT2D eigenvalue weighted by Gasteiger charge is -2.23. The Hall–Kier alpha value is -2.23. The van der Waals surface area contributed by atoms with Crippen LogP contribution in [0.15, 0.2) is 46.0 Å². The second-order valence-electron chi connectivity index (χ2n) is 6.75. The van der Waals surface area contributed by atoms with Crippen molar-refractivity contribution in [2.75, 3.05) is 25.0 Å². The molecule has 0 radical (unpaired) electrons. The first-order valence-corrected chi connectivity index (χ1v) is 12.0. The molecule has 0 saturated carbocycles. The molecule has 1 aliphatic heterocycles. The zero-order valence-electron chi connectivity index (χ0n) is 16.5. The zero-order chi connectivity index (χ0) is 21.0. The average molecular weight is 436 g/mol. The molecule has 0 aliphatic carbocycles. The van der Waals surface area contributed by atoms with Gasteiger partial charge in [-0.2, -0.15) is 4.31 Å². The van der Waals surface area contributed by atoms with Crippen molar-refractivity contribution in [2.45, 2.75) is 36.9 Å². The van der Waals surface area contributed by atoms with Crippen molar-refractivity contribution in [3.63, 3.8) is 0 Å². The molecule has 0 spiro atoms. The van der Waals surface area contributed by atoms with Gasteiger partial charge in [0.1, 0.15) is 10.3 Å². The fourth-order valence-electron chi connectivity index (χ4n) is 3.46. The Morgan fingerprint density at radius 1 is 1.21 bits per heavy atom. The summed E-state index contributed by atoms with van der Waals surface area (Å²) in [4.78, 5) is 27.1. The van der Waals surface area contributed by atoms with E-state index in [1.54, 1.807) is 46.7 Å². The molecule has 1 aromatic heterocycles. The molecule has 1 aliphatic rings. The van der Waals surface area contributed by atoms with Crippen molar-refractivity contribution in [3.05, 3.63) is 47.3 Å². The Kier molecular flexibility index (Phi) is 6.71. The predicted octanol–water partition coefficient (Wildman–Crippen LogP) is 3.02. The summed E-state index contributed by atoms with van der Waals surface area (Å²) in [6.07, 6.45) is 1.09. The highest BCUT2D eigenvalue weighted by molar-refractivity contribution is 7.91. The number of amides is 2. The van der Waals surface area contributed by atoms with Crippen LogP contribution in [0.25, 0.3) is 0 Å². The summed E-state index contributed by atoms with van der Waals surface area (Å²) in [5.74, 6) is -0.482. The number of hydrogen-bond acceptors (Lipinski definition) is 5. The van der Waals surface area contributed by atoms with Gasteiger partial charge in [-0.15, -0.1) is 11.3 Å². The summed E-state index contributed by atoms with van der Waals surface area (Å²) >= 11 is 1.14. The summed E-state index contributed by atoms with van der Waals surface area (Å²) in [5.41, 5.74) is 0.967. The summed E-state index contributed by atoms with van der Waals surface area (Å²) in [5, 5.41) is 4.49. The Morgan fingerprint density at radius 3 is 2.62 bits per heavy atom. The number of sulfonamides is 1. The molecule has 7 nitrogen and oxygen atoms in total. The second-order valence-corrected chi connectivity index (χ2v) is 9.82. The first-order chi connectivity index (χ1) is 13.9. The van der Waals surface area contributed by atoms with E-state index in [2.05, 4.69) is 5.32 Å². The molecule has 1 aromatic carbocycles. The lowest BCUT2D eigenvalue weighted by atomic mass is 10.1. The van der Waals surface area contributed by atoms with Gasteiger partial charge in [-0.25, -0.2) is 8.42 Å². The molecule has 1 fully saturated rings. The number of thiophene rings is 1. The molecule has 1 N–H and O–H groups in total. The SMILES string of the molecule is CCN(CC)C(=O)c1cccc(NC(=O)C2CCCN2S(=O)(=O)c2cccs2)c1. The van der Waals surface area contributed by atoms with Crippen LogP contribution < -0.4 is 5.32 Å². The molecule has 1 saturated heterocycles. The Balaban J connectivity index is 1.76. The molecule has 0 bridgehead atoms. The number of rotatable bonds is 7. The molecule has 9 heteroatoms. The van der Waals surface area contributed by atoms with E-state index in [-0.39, 0.29) is 16.0 Å². The van der Waals surface area contributed by atoms with E-state index in [9.17, 15) is 18.0 Å². The third-order valence-corrected chi connectivity index (χ3v) is 8.27. The number of carbonyl (C=O) groups is 2. The normalized spacial score (nSPS) is 17.2. The van der Waals surface area contributed by atoms with Gasteiger partial charge in [-0.1, -0.05) is 12.1 Å². The van der Waals surface area contributed by atoms with Crippen molar-refractivity contribution in [2.24, 2.45) is 0 Å². The van der Waals surface area contributed by atoms with Gasteiger partial charge in [-0.3, -0.25) is 9.59 Å². The van der Waals surface area contributed by atoms with Crippen molar-refractivity contribution < 1.29 is 18.0 Å². The maximum absolute atomic E-state index is 12.9. The van der Waals surface area contributed by atoms with Crippen LogP contribution in [0.3, 0.4) is 0 Å². The lowest BCUT2D eigenvalue weighted by molar-refractivity contribution is -0.119. The topological polar surface area (TPSA) is 86.8 Å². The third-order valence-electron chi connectivity index (χ3n) is 4.99. The minimum atomic E-state index is -3.69. The van der Waals surface area contributed by atoms with Crippen LogP contribution >= 0.6 is 11.3 Å². The molecule has 2 heterocycles. The third kappa shape index (κ3) is 4.52. The highest BCUT2D eigenvalue weighted by atomic mass is 32.2. The molecule has 156 valence electrons. The van der Waals surface area contributed by atoms with Gasteiger partial charge in [0.15, 0.2) is 0 Å². The van der Waals surface area contributed by atoms with Crippen LogP contribution in [-0.2, 0) is 14.8 Å². The first kappa shape index (κ1) is 21.5. The van der Waals surface area contributed by atoms with E-state index in [1.165, 1.54) is 4.31 Å². The van der Waals surface area contributed by atoms with Gasteiger partial charge < -0.3 is 10.2 Å². The van der Waals surface area contributed by atoms with Crippen molar-refractivity contribution in [1.29, 1.82) is 0 Å². The van der Waals surface area contributed by atoms with E-state index in [0.29, 0.717) is 43.7 Å². The van der Waals surface area contributed by atoms with E-state index in [4.69, 9.17) is 0 Å². The minimum absolute atomic E-state index is 0.103. The van der Waals surface area contributed by atoms with E-state index in [0.717, 1.165) is 11.3 Å². The highest BCUT2D eigenvalue weighted by Gasteiger charge is 2.39. The van der Waals surface area contributed by atoms with Gasteiger partial charge in [0, 0.05) is 30.9 Å². The zero-order valence-corrected chi connectivity index (χ0v) is 18.1. The maximum atomic E-state index is 12.9. The quantitative estimate of drug-likeness (QED) is 0.724. The Labute approximate surface area is 175 Å². The molecule has 3 rings (SSSR count). The fraction of sp³-hybridized carbons (Fsp3) is 0.400. The molecule has 2 amide bonds. The molecular formula is C20H25N3O4S2. The van der Waals surface area contributed by atoms with Crippen LogP contribution in [0.4, 0.5) is 5.69 Å². The van der Waals surface area contributed by atoms with E-state index >= 15 is 0 Å². The van der Waals surface area contributed by atoms with Crippen LogP contribution in [0, 0.1) is 0 Å². The molecule has 2 aromatic rings. The van der Waals surface area contributed by atoms with Crippen LogP contribution in [0.2, 0.25) is 0 Å². The minimum Gasteiger partial charge on any atom is -0.339 e. The number of hydrogen-bond donors (Lipinski definition) is 1. The monoisotopic (exact) mass is 435 g/mol. The largest absolute Gasteiger partial charge is 0.339 e. The summed E-state index contributed by atoms with van der Waals surface area (Å²) in [6.45, 7) is 5.34. The molecule has 1 atom stereocenters. The number of nitrogens with one attached hydrogen (secondary N) is 1. The van der Waals surface area contributed by atoms with E-state index < -0.39 is 16.1 Å². The standard InChI is InChI=1S/C20H25N3O4S2/c1-3-22(4-2)20(25)15-8-5-9-16(14-15)21-19(24)17-10-6-12-23(17)29(26,27)18-11-7-13-28-18/h5,7-9,11,13-14,17H,3-4,6,10,12H2,1-2H3,(H,21,24). The lowest BCUT2D eigenvalue weighted by Crippen LogP contribution is -2.42. The van der Waals surface area contributed by atoms with Gasteiger partial charge in [-0.05, 0) is 56.3 Å². The average Bonchev–Trinajstić information content (AvgIpc) is 3.41. The fourth-order valence-corrected chi connectivity index (χ4v) is 6.24. The van der Waals surface area contributed by atoms with Crippen LogP contribution in [0.5, 0.6) is 0 Å². The highest BCUT2D eigenvalue weighted by Crippen LogP contribution is 2.29. The molecule has 29 heavy (non-hydrogen) atoms. The van der Waals surface area contributed by atoms with Gasteiger partial charge >= 0.3 is 0 Å². The summed E-state index contributed by atoms with van der Waals surface area (Å²) in [7, 11) is -3.69. The predicted molar refractivity (Wildman–Crippen MR) is 114 cm³/mol. The smallest absolute Gasteiger partial charge is 0.253 e. The second kappa shape index (κ2) is 9.06. The number of carbonyl (C=O) groups excluding carboxylic acids is 2.